The molecule has 2 heteroatoms. The lowest BCUT2D eigenvalue weighted by Gasteiger charge is -2.20. The number of rotatable bonds is 3. The van der Waals surface area contributed by atoms with Gasteiger partial charge >= 0.3 is 0 Å². The van der Waals surface area contributed by atoms with Crippen molar-refractivity contribution >= 4 is 0 Å². The van der Waals surface area contributed by atoms with Crippen LogP contribution in [0, 0.1) is 11.3 Å². The molecule has 0 aliphatic heterocycles. The van der Waals surface area contributed by atoms with Crippen molar-refractivity contribution in [2.75, 3.05) is 0 Å². The largest absolute Gasteiger partial charge is 0.508 e. The van der Waals surface area contributed by atoms with Crippen molar-refractivity contribution in [1.82, 2.24) is 0 Å². The predicted molar refractivity (Wildman–Crippen MR) is 76.8 cm³/mol. The highest BCUT2D eigenvalue weighted by molar-refractivity contribution is 5.64. The molecular formula is C17H17NO. The summed E-state index contributed by atoms with van der Waals surface area (Å²) in [5.74, 6) is 0.267. The van der Waals surface area contributed by atoms with Crippen LogP contribution in [0.15, 0.2) is 48.5 Å². The Bertz CT molecular complexity index is 593. The maximum atomic E-state index is 9.28. The van der Waals surface area contributed by atoms with Crippen LogP contribution >= 0.6 is 0 Å². The van der Waals surface area contributed by atoms with E-state index in [-0.39, 0.29) is 5.75 Å². The van der Waals surface area contributed by atoms with Gasteiger partial charge < -0.3 is 5.11 Å². The van der Waals surface area contributed by atoms with Gasteiger partial charge in [0, 0.05) is 0 Å². The highest BCUT2D eigenvalue weighted by Gasteiger charge is 2.23. The molecule has 1 atom stereocenters. The first-order chi connectivity index (χ1) is 9.09. The number of hydrogen-bond acceptors (Lipinski definition) is 2. The number of benzene rings is 2. The average molecular weight is 251 g/mol. The first kappa shape index (κ1) is 13.2. The fraction of sp³-hybridized carbons (Fsp3) is 0.235. The Hall–Kier alpha value is -2.27. The second kappa shape index (κ2) is 5.16. The van der Waals surface area contributed by atoms with E-state index >= 15 is 0 Å². The Morgan fingerprint density at radius 3 is 1.89 bits per heavy atom. The van der Waals surface area contributed by atoms with E-state index in [1.54, 1.807) is 12.1 Å². The standard InChI is InChI=1S/C17H17NO/c1-3-17(2,12-18)15-8-4-13(5-9-15)14-6-10-16(19)11-7-14/h4-11,19H,3H2,1-2H3/t17-/m1/s1. The van der Waals surface area contributed by atoms with E-state index in [0.29, 0.717) is 0 Å². The van der Waals surface area contributed by atoms with Crippen LogP contribution in [-0.4, -0.2) is 5.11 Å². The van der Waals surface area contributed by atoms with E-state index in [1.165, 1.54) is 0 Å². The molecule has 0 unspecified atom stereocenters. The van der Waals surface area contributed by atoms with Gasteiger partial charge in [-0.25, -0.2) is 0 Å². The molecule has 2 nitrogen and oxygen atoms in total. The van der Waals surface area contributed by atoms with Crippen LogP contribution in [0.4, 0.5) is 0 Å². The molecule has 0 fully saturated rings. The quantitative estimate of drug-likeness (QED) is 0.886. The molecule has 0 radical (unpaired) electrons. The molecule has 2 rings (SSSR count). The molecule has 0 amide bonds. The molecule has 0 saturated carbocycles. The average Bonchev–Trinajstić information content (AvgIpc) is 2.47. The fourth-order valence-electron chi connectivity index (χ4n) is 2.03. The van der Waals surface area contributed by atoms with Gasteiger partial charge in [0.2, 0.25) is 0 Å². The Morgan fingerprint density at radius 1 is 1.00 bits per heavy atom. The van der Waals surface area contributed by atoms with E-state index in [2.05, 4.69) is 6.07 Å². The first-order valence-electron chi connectivity index (χ1n) is 6.40. The third-order valence-electron chi connectivity index (χ3n) is 3.68. The molecule has 0 bridgehead atoms. The monoisotopic (exact) mass is 251 g/mol. The Kier molecular flexibility index (Phi) is 3.57. The summed E-state index contributed by atoms with van der Waals surface area (Å²) >= 11 is 0. The van der Waals surface area contributed by atoms with Crippen LogP contribution in [0.5, 0.6) is 5.75 Å². The lowest BCUT2D eigenvalue weighted by molar-refractivity contribution is 0.475. The maximum Gasteiger partial charge on any atom is 0.115 e. The Labute approximate surface area is 114 Å². The van der Waals surface area contributed by atoms with Crippen molar-refractivity contribution in [3.63, 3.8) is 0 Å². The molecule has 96 valence electrons. The third-order valence-corrected chi connectivity index (χ3v) is 3.68. The highest BCUT2D eigenvalue weighted by atomic mass is 16.3. The lowest BCUT2D eigenvalue weighted by Crippen LogP contribution is -2.17. The van der Waals surface area contributed by atoms with E-state index < -0.39 is 5.41 Å². The normalized spacial score (nSPS) is 13.5. The van der Waals surface area contributed by atoms with Gasteiger partial charge in [-0.05, 0) is 42.2 Å². The van der Waals surface area contributed by atoms with Crippen LogP contribution in [0.3, 0.4) is 0 Å². The molecule has 2 aromatic rings. The summed E-state index contributed by atoms with van der Waals surface area (Å²) in [6, 6.07) is 17.6. The smallest absolute Gasteiger partial charge is 0.115 e. The minimum atomic E-state index is -0.423. The summed E-state index contributed by atoms with van der Waals surface area (Å²) in [7, 11) is 0. The van der Waals surface area contributed by atoms with Crippen LogP contribution in [0.1, 0.15) is 25.8 Å². The molecule has 2 aromatic carbocycles. The number of aromatic hydroxyl groups is 1. The molecule has 1 N–H and O–H groups in total. The minimum absolute atomic E-state index is 0.267. The molecule has 0 saturated heterocycles. The SMILES string of the molecule is CC[C@](C)(C#N)c1ccc(-c2ccc(O)cc2)cc1. The molecule has 0 heterocycles. The van der Waals surface area contributed by atoms with Crippen LogP contribution in [-0.2, 0) is 5.41 Å². The second-order valence-electron chi connectivity index (χ2n) is 4.92. The number of phenolic OH excluding ortho intramolecular Hbond substituents is 1. The number of nitriles is 1. The van der Waals surface area contributed by atoms with Crippen molar-refractivity contribution < 1.29 is 5.11 Å². The molecular weight excluding hydrogens is 234 g/mol. The van der Waals surface area contributed by atoms with Crippen molar-refractivity contribution in [3.05, 3.63) is 54.1 Å². The summed E-state index contributed by atoms with van der Waals surface area (Å²) in [5, 5.41) is 18.6. The molecule has 0 aliphatic carbocycles. The van der Waals surface area contributed by atoms with Gasteiger partial charge in [0.15, 0.2) is 0 Å². The maximum absolute atomic E-state index is 9.28. The van der Waals surface area contributed by atoms with Gasteiger partial charge in [-0.2, -0.15) is 5.26 Å². The van der Waals surface area contributed by atoms with Crippen LogP contribution < -0.4 is 0 Å². The summed E-state index contributed by atoms with van der Waals surface area (Å²) < 4.78 is 0. The Morgan fingerprint density at radius 2 is 1.47 bits per heavy atom. The molecule has 0 spiro atoms. The fourth-order valence-corrected chi connectivity index (χ4v) is 2.03. The summed E-state index contributed by atoms with van der Waals surface area (Å²) in [4.78, 5) is 0. The van der Waals surface area contributed by atoms with E-state index in [4.69, 9.17) is 0 Å². The van der Waals surface area contributed by atoms with Crippen LogP contribution in [0.2, 0.25) is 0 Å². The van der Waals surface area contributed by atoms with Gasteiger partial charge in [0.25, 0.3) is 0 Å². The predicted octanol–water partition coefficient (Wildman–Crippen LogP) is 4.25. The summed E-state index contributed by atoms with van der Waals surface area (Å²) in [6.07, 6.45) is 0.794. The zero-order chi connectivity index (χ0) is 13.9. The number of nitrogens with zero attached hydrogens (tertiary/aromatic N) is 1. The zero-order valence-electron chi connectivity index (χ0n) is 11.2. The van der Waals surface area contributed by atoms with Gasteiger partial charge in [0.05, 0.1) is 11.5 Å². The van der Waals surface area contributed by atoms with Gasteiger partial charge in [-0.1, -0.05) is 43.3 Å². The van der Waals surface area contributed by atoms with Crippen molar-refractivity contribution in [1.29, 1.82) is 5.26 Å². The Balaban J connectivity index is 2.34. The van der Waals surface area contributed by atoms with Crippen molar-refractivity contribution in [2.45, 2.75) is 25.7 Å². The minimum Gasteiger partial charge on any atom is -0.508 e. The summed E-state index contributed by atoms with van der Waals surface area (Å²) in [5.41, 5.74) is 2.76. The van der Waals surface area contributed by atoms with E-state index in [9.17, 15) is 10.4 Å². The third kappa shape index (κ3) is 2.61. The van der Waals surface area contributed by atoms with Crippen molar-refractivity contribution in [2.24, 2.45) is 0 Å². The first-order valence-corrected chi connectivity index (χ1v) is 6.40. The highest BCUT2D eigenvalue weighted by Crippen LogP contribution is 2.29. The van der Waals surface area contributed by atoms with Gasteiger partial charge in [-0.15, -0.1) is 0 Å². The second-order valence-corrected chi connectivity index (χ2v) is 4.92. The summed E-state index contributed by atoms with van der Waals surface area (Å²) in [6.45, 7) is 3.99. The molecule has 0 aliphatic rings. The van der Waals surface area contributed by atoms with E-state index in [1.807, 2.05) is 50.2 Å². The lowest BCUT2D eigenvalue weighted by atomic mass is 9.81. The van der Waals surface area contributed by atoms with Crippen molar-refractivity contribution in [3.8, 4) is 22.9 Å². The van der Waals surface area contributed by atoms with Crippen LogP contribution in [0.25, 0.3) is 11.1 Å². The number of phenols is 1. The molecule has 19 heavy (non-hydrogen) atoms. The van der Waals surface area contributed by atoms with Gasteiger partial charge in [-0.3, -0.25) is 0 Å². The van der Waals surface area contributed by atoms with Gasteiger partial charge in [0.1, 0.15) is 5.75 Å². The molecule has 0 aromatic heterocycles. The topological polar surface area (TPSA) is 44.0 Å². The van der Waals surface area contributed by atoms with E-state index in [0.717, 1.165) is 23.1 Å². The number of hydrogen-bond donors (Lipinski definition) is 1. The zero-order valence-corrected chi connectivity index (χ0v) is 11.2.